The minimum absolute atomic E-state index is 0.115. The van der Waals surface area contributed by atoms with E-state index in [0.717, 1.165) is 44.3 Å². The monoisotopic (exact) mass is 586 g/mol. The van der Waals surface area contributed by atoms with E-state index < -0.39 is 16.8 Å². The molecule has 3 heterocycles. The Hall–Kier alpha value is -3.67. The first kappa shape index (κ1) is 28.8. The maximum atomic E-state index is 13.0. The van der Waals surface area contributed by atoms with Gasteiger partial charge in [-0.2, -0.15) is 13.2 Å². The number of ketones is 1. The summed E-state index contributed by atoms with van der Waals surface area (Å²) in [7, 11) is 1.79. The lowest BCUT2D eigenvalue weighted by atomic mass is 10.1. The van der Waals surface area contributed by atoms with Gasteiger partial charge in [0.1, 0.15) is 11.5 Å². The van der Waals surface area contributed by atoms with Crippen molar-refractivity contribution < 1.29 is 22.7 Å². The summed E-state index contributed by atoms with van der Waals surface area (Å²) in [6, 6.07) is 12.3. The van der Waals surface area contributed by atoms with Crippen molar-refractivity contribution in [2.24, 2.45) is 7.05 Å². The van der Waals surface area contributed by atoms with Crippen LogP contribution < -0.4 is 10.1 Å². The predicted molar refractivity (Wildman–Crippen MR) is 152 cm³/mol. The Morgan fingerprint density at radius 2 is 1.76 bits per heavy atom. The Kier molecular flexibility index (Phi) is 8.48. The number of halogens is 4. The van der Waals surface area contributed by atoms with Gasteiger partial charge in [-0.25, -0.2) is 4.98 Å². The predicted octanol–water partition coefficient (Wildman–Crippen LogP) is 5.93. The number of hydrogen-bond donors (Lipinski definition) is 1. The Morgan fingerprint density at radius 1 is 1.02 bits per heavy atom. The number of carbonyl (C=O) groups is 1. The molecule has 12 heteroatoms. The van der Waals surface area contributed by atoms with Crippen LogP contribution in [0.1, 0.15) is 18.2 Å². The van der Waals surface area contributed by atoms with Gasteiger partial charge >= 0.3 is 6.18 Å². The first-order valence-corrected chi connectivity index (χ1v) is 13.7. The maximum absolute atomic E-state index is 13.0. The highest BCUT2D eigenvalue weighted by Gasteiger charge is 2.33. The van der Waals surface area contributed by atoms with E-state index in [4.69, 9.17) is 16.3 Å². The number of Topliss-reactive ketones (excluding diaryl/α,β-unsaturated/α-hetero) is 1. The largest absolute Gasteiger partial charge is 0.457 e. The van der Waals surface area contributed by atoms with Gasteiger partial charge < -0.3 is 19.5 Å². The van der Waals surface area contributed by atoms with Gasteiger partial charge in [-0.05, 0) is 42.9 Å². The number of alkyl halides is 3. The second kappa shape index (κ2) is 12.1. The number of nitrogens with one attached hydrogen (secondary N) is 1. The third-order valence-electron chi connectivity index (χ3n) is 7.10. The van der Waals surface area contributed by atoms with Crippen LogP contribution in [-0.2, 0) is 24.4 Å². The SMILES string of the molecule is CCN1CCN(CC(=O)Cc2cc(Oc3ccc4c(c3)nc(Nc3ccc(C(F)(F)F)c(Cl)c3)n4C)ccn2)CC1. The highest BCUT2D eigenvalue weighted by atomic mass is 35.5. The highest BCUT2D eigenvalue weighted by Crippen LogP contribution is 2.36. The molecule has 1 saturated heterocycles. The number of aryl methyl sites for hydroxylation is 1. The van der Waals surface area contributed by atoms with Gasteiger partial charge in [-0.3, -0.25) is 14.7 Å². The number of fused-ring (bicyclic) bond motifs is 1. The number of imidazole rings is 1. The molecule has 5 rings (SSSR count). The molecule has 0 spiro atoms. The Balaban J connectivity index is 1.24. The number of anilines is 2. The molecule has 1 N–H and O–H groups in total. The zero-order valence-corrected chi connectivity index (χ0v) is 23.5. The van der Waals surface area contributed by atoms with Crippen molar-refractivity contribution in [3.05, 3.63) is 71.0 Å². The summed E-state index contributed by atoms with van der Waals surface area (Å²) in [4.78, 5) is 26.2. The Labute approximate surface area is 240 Å². The quantitative estimate of drug-likeness (QED) is 0.261. The number of likely N-dealkylation sites (N-methyl/N-ethyl adjacent to an activating group) is 1. The molecule has 0 radical (unpaired) electrons. The Morgan fingerprint density at radius 3 is 2.46 bits per heavy atom. The zero-order valence-electron chi connectivity index (χ0n) is 22.7. The number of carbonyl (C=O) groups excluding carboxylic acids is 1. The van der Waals surface area contributed by atoms with Crippen molar-refractivity contribution in [1.82, 2.24) is 24.3 Å². The van der Waals surface area contributed by atoms with Gasteiger partial charge in [0, 0.05) is 57.2 Å². The first-order valence-electron chi connectivity index (χ1n) is 13.3. The number of pyridine rings is 1. The second-order valence-electron chi connectivity index (χ2n) is 9.97. The maximum Gasteiger partial charge on any atom is 0.417 e. The third-order valence-corrected chi connectivity index (χ3v) is 7.41. The number of hydrogen-bond acceptors (Lipinski definition) is 7. The van der Waals surface area contributed by atoms with E-state index in [1.807, 2.05) is 6.07 Å². The number of ether oxygens (including phenoxy) is 1. The molecule has 8 nitrogen and oxygen atoms in total. The van der Waals surface area contributed by atoms with Crippen LogP contribution in [0.3, 0.4) is 0 Å². The fourth-order valence-electron chi connectivity index (χ4n) is 4.83. The van der Waals surface area contributed by atoms with Crippen LogP contribution in [0.5, 0.6) is 11.5 Å². The van der Waals surface area contributed by atoms with Crippen molar-refractivity contribution in [1.29, 1.82) is 0 Å². The summed E-state index contributed by atoms with van der Waals surface area (Å²) in [5, 5.41) is 2.63. The van der Waals surface area contributed by atoms with Gasteiger partial charge in [0.25, 0.3) is 0 Å². The second-order valence-corrected chi connectivity index (χ2v) is 10.4. The minimum Gasteiger partial charge on any atom is -0.457 e. The molecule has 0 atom stereocenters. The molecular formula is C29H30ClF3N6O2. The van der Waals surface area contributed by atoms with E-state index in [-0.39, 0.29) is 12.2 Å². The molecule has 1 aliphatic heterocycles. The molecule has 216 valence electrons. The molecule has 1 fully saturated rings. The van der Waals surface area contributed by atoms with Crippen LogP contribution in [0, 0.1) is 0 Å². The van der Waals surface area contributed by atoms with Crippen LogP contribution in [0.4, 0.5) is 24.8 Å². The summed E-state index contributed by atoms with van der Waals surface area (Å²) in [6.45, 7) is 7.33. The summed E-state index contributed by atoms with van der Waals surface area (Å²) in [6.07, 6.45) is -2.68. The smallest absolute Gasteiger partial charge is 0.417 e. The van der Waals surface area contributed by atoms with Crippen molar-refractivity contribution in [2.75, 3.05) is 44.6 Å². The van der Waals surface area contributed by atoms with Crippen molar-refractivity contribution in [3.8, 4) is 11.5 Å². The van der Waals surface area contributed by atoms with Crippen molar-refractivity contribution >= 4 is 40.1 Å². The Bertz CT molecular complexity index is 1550. The topological polar surface area (TPSA) is 75.5 Å². The van der Waals surface area contributed by atoms with Crippen molar-refractivity contribution in [2.45, 2.75) is 19.5 Å². The van der Waals surface area contributed by atoms with E-state index in [1.165, 1.54) is 12.1 Å². The van der Waals surface area contributed by atoms with Gasteiger partial charge in [0.05, 0.1) is 40.3 Å². The number of aromatic nitrogens is 3. The molecule has 0 saturated carbocycles. The first-order chi connectivity index (χ1) is 19.6. The standard InChI is InChI=1S/C29H30ClF3N6O2/c1-3-38-10-12-39(13-11-38)18-21(40)14-20-15-23(8-9-34-20)41-22-5-7-27-26(17-22)36-28(37(27)2)35-19-4-6-24(25(30)16-19)29(31,32)33/h4-9,15-17H,3,10-14,18H2,1-2H3,(H,35,36). The molecule has 0 amide bonds. The average molecular weight is 587 g/mol. The third kappa shape index (κ3) is 6.98. The summed E-state index contributed by atoms with van der Waals surface area (Å²) in [5.41, 5.74) is 1.53. The summed E-state index contributed by atoms with van der Waals surface area (Å²) < 4.78 is 46.9. The molecule has 0 bridgehead atoms. The van der Waals surface area contributed by atoms with E-state index in [1.54, 1.807) is 42.1 Å². The zero-order chi connectivity index (χ0) is 29.1. The molecule has 2 aromatic carbocycles. The molecule has 2 aromatic heterocycles. The summed E-state index contributed by atoms with van der Waals surface area (Å²) >= 11 is 5.86. The van der Waals surface area contributed by atoms with Crippen LogP contribution in [0.15, 0.2) is 54.7 Å². The van der Waals surface area contributed by atoms with E-state index in [2.05, 4.69) is 32.0 Å². The van der Waals surface area contributed by atoms with Crippen molar-refractivity contribution in [3.63, 3.8) is 0 Å². The van der Waals surface area contributed by atoms with Crippen LogP contribution in [0.2, 0.25) is 5.02 Å². The molecule has 41 heavy (non-hydrogen) atoms. The van der Waals surface area contributed by atoms with Gasteiger partial charge in [0.15, 0.2) is 5.78 Å². The van der Waals surface area contributed by atoms with Crippen LogP contribution in [0.25, 0.3) is 11.0 Å². The average Bonchev–Trinajstić information content (AvgIpc) is 3.22. The van der Waals surface area contributed by atoms with Gasteiger partial charge in [-0.1, -0.05) is 18.5 Å². The lowest BCUT2D eigenvalue weighted by molar-refractivity contribution is -0.137. The fraction of sp³-hybridized carbons (Fsp3) is 0.345. The normalized spacial score (nSPS) is 14.9. The minimum atomic E-state index is -4.53. The van der Waals surface area contributed by atoms with Crippen LogP contribution >= 0.6 is 11.6 Å². The highest BCUT2D eigenvalue weighted by molar-refractivity contribution is 6.31. The molecule has 0 unspecified atom stereocenters. The van der Waals surface area contributed by atoms with E-state index >= 15 is 0 Å². The lowest BCUT2D eigenvalue weighted by Crippen LogP contribution is -2.47. The number of piperazine rings is 1. The molecule has 0 aliphatic carbocycles. The fourth-order valence-corrected chi connectivity index (χ4v) is 5.12. The van der Waals surface area contributed by atoms with Crippen LogP contribution in [-0.4, -0.2) is 69.4 Å². The van der Waals surface area contributed by atoms with E-state index in [9.17, 15) is 18.0 Å². The van der Waals surface area contributed by atoms with Gasteiger partial charge in [-0.15, -0.1) is 0 Å². The molecule has 1 aliphatic rings. The van der Waals surface area contributed by atoms with E-state index in [0.29, 0.717) is 40.9 Å². The number of benzene rings is 2. The lowest BCUT2D eigenvalue weighted by Gasteiger charge is -2.33. The number of rotatable bonds is 9. The number of nitrogens with zero attached hydrogens (tertiary/aromatic N) is 5. The molecular weight excluding hydrogens is 557 g/mol. The van der Waals surface area contributed by atoms with Gasteiger partial charge in [0.2, 0.25) is 5.95 Å². The molecule has 4 aromatic rings. The summed E-state index contributed by atoms with van der Waals surface area (Å²) in [5.74, 6) is 1.63.